The summed E-state index contributed by atoms with van der Waals surface area (Å²) < 4.78 is 0. The predicted molar refractivity (Wildman–Crippen MR) is 133 cm³/mol. The van der Waals surface area contributed by atoms with E-state index in [1.807, 2.05) is 85.2 Å². The molecule has 0 unspecified atom stereocenters. The first-order valence-corrected chi connectivity index (χ1v) is 10.4. The van der Waals surface area contributed by atoms with Crippen LogP contribution in [0.2, 0.25) is 0 Å². The van der Waals surface area contributed by atoms with Crippen molar-refractivity contribution in [3.63, 3.8) is 0 Å². The average Bonchev–Trinajstić information content (AvgIpc) is 2.90. The molecule has 0 spiro atoms. The van der Waals surface area contributed by atoms with Crippen molar-refractivity contribution in [1.82, 2.24) is 15.0 Å². The first kappa shape index (κ1) is 20.9. The molecule has 3 nitrogen and oxygen atoms in total. The van der Waals surface area contributed by atoms with Gasteiger partial charge in [0.15, 0.2) is 0 Å². The molecule has 0 saturated carbocycles. The van der Waals surface area contributed by atoms with E-state index in [2.05, 4.69) is 51.4 Å². The quantitative estimate of drug-likeness (QED) is 0.296. The third-order valence-corrected chi connectivity index (χ3v) is 4.78. The number of aromatic nitrogens is 3. The van der Waals surface area contributed by atoms with E-state index in [-0.39, 0.29) is 0 Å². The van der Waals surface area contributed by atoms with Gasteiger partial charge in [0.1, 0.15) is 0 Å². The van der Waals surface area contributed by atoms with Gasteiger partial charge in [0.25, 0.3) is 0 Å². The fourth-order valence-corrected chi connectivity index (χ4v) is 3.21. The molecular weight excluding hydrogens is 390 g/mol. The third kappa shape index (κ3) is 5.83. The number of hydrogen-bond donors (Lipinski definition) is 0. The summed E-state index contributed by atoms with van der Waals surface area (Å²) in [5.41, 5.74) is 6.53. The minimum absolute atomic E-state index is 0.929. The van der Waals surface area contributed by atoms with Gasteiger partial charge in [0, 0.05) is 47.7 Å². The van der Waals surface area contributed by atoms with E-state index in [0.29, 0.717) is 0 Å². The van der Waals surface area contributed by atoms with Crippen LogP contribution in [0, 0.1) is 0 Å². The molecule has 0 aliphatic rings. The van der Waals surface area contributed by atoms with Crippen LogP contribution in [0.15, 0.2) is 128 Å². The first-order chi connectivity index (χ1) is 15.9. The van der Waals surface area contributed by atoms with Gasteiger partial charge in [-0.05, 0) is 35.4 Å². The van der Waals surface area contributed by atoms with Crippen LogP contribution in [-0.2, 0) is 0 Å². The molecular formula is C29H23N3. The topological polar surface area (TPSA) is 38.7 Å². The predicted octanol–water partition coefficient (Wildman–Crippen LogP) is 7.06. The Morgan fingerprint density at radius 1 is 0.469 bits per heavy atom. The molecule has 0 aliphatic heterocycles. The van der Waals surface area contributed by atoms with Gasteiger partial charge < -0.3 is 0 Å². The van der Waals surface area contributed by atoms with E-state index >= 15 is 0 Å². The molecule has 5 aromatic rings. The minimum atomic E-state index is 0.929. The van der Waals surface area contributed by atoms with Crippen molar-refractivity contribution in [2.45, 2.75) is 0 Å². The largest absolute Gasteiger partial charge is 0.264 e. The maximum Gasteiger partial charge on any atom is 0.0796 e. The zero-order valence-corrected chi connectivity index (χ0v) is 17.6. The molecule has 0 saturated heterocycles. The van der Waals surface area contributed by atoms with Gasteiger partial charge >= 0.3 is 0 Å². The zero-order chi connectivity index (χ0) is 21.8. The number of pyridine rings is 3. The lowest BCUT2D eigenvalue weighted by molar-refractivity contribution is 1.27. The van der Waals surface area contributed by atoms with Crippen LogP contribution in [0.3, 0.4) is 0 Å². The number of rotatable bonds is 4. The van der Waals surface area contributed by atoms with Crippen LogP contribution in [0.1, 0.15) is 11.1 Å². The molecule has 2 aromatic carbocycles. The third-order valence-electron chi connectivity index (χ3n) is 4.78. The molecule has 0 aliphatic carbocycles. The van der Waals surface area contributed by atoms with Gasteiger partial charge in [-0.15, -0.1) is 0 Å². The van der Waals surface area contributed by atoms with Gasteiger partial charge in [0.05, 0.1) is 5.69 Å². The van der Waals surface area contributed by atoms with Crippen LogP contribution < -0.4 is 0 Å². The summed E-state index contributed by atoms with van der Waals surface area (Å²) in [6.07, 6.45) is 13.2. The Balaban J connectivity index is 0.000000158. The fourth-order valence-electron chi connectivity index (χ4n) is 3.21. The summed E-state index contributed by atoms with van der Waals surface area (Å²) in [6, 6.07) is 32.5. The highest BCUT2D eigenvalue weighted by molar-refractivity contribution is 5.79. The molecule has 32 heavy (non-hydrogen) atoms. The smallest absolute Gasteiger partial charge is 0.0796 e. The van der Waals surface area contributed by atoms with E-state index < -0.39 is 0 Å². The van der Waals surface area contributed by atoms with Crippen molar-refractivity contribution in [3.05, 3.63) is 139 Å². The molecule has 5 rings (SSSR count). The summed E-state index contributed by atoms with van der Waals surface area (Å²) in [4.78, 5) is 12.8. The Labute approximate surface area is 188 Å². The van der Waals surface area contributed by atoms with Crippen molar-refractivity contribution in [2.24, 2.45) is 0 Å². The van der Waals surface area contributed by atoms with E-state index in [0.717, 1.165) is 22.4 Å². The zero-order valence-electron chi connectivity index (χ0n) is 17.6. The fraction of sp³-hybridized carbons (Fsp3) is 0. The van der Waals surface area contributed by atoms with Crippen molar-refractivity contribution < 1.29 is 0 Å². The second-order valence-electron chi connectivity index (χ2n) is 7.04. The molecule has 0 radical (unpaired) electrons. The highest BCUT2D eigenvalue weighted by atomic mass is 14.7. The van der Waals surface area contributed by atoms with E-state index in [1.165, 1.54) is 11.1 Å². The van der Waals surface area contributed by atoms with Crippen LogP contribution in [-0.4, -0.2) is 15.0 Å². The molecule has 3 heteroatoms. The summed E-state index contributed by atoms with van der Waals surface area (Å²) >= 11 is 0. The van der Waals surface area contributed by atoms with Gasteiger partial charge in [-0.2, -0.15) is 0 Å². The van der Waals surface area contributed by atoms with Gasteiger partial charge in [-0.25, -0.2) is 0 Å². The molecule has 0 fully saturated rings. The first-order valence-electron chi connectivity index (χ1n) is 10.4. The highest BCUT2D eigenvalue weighted by Crippen LogP contribution is 2.28. The monoisotopic (exact) mass is 413 g/mol. The lowest BCUT2D eigenvalue weighted by atomic mass is 10.0. The average molecular weight is 414 g/mol. The number of benzene rings is 2. The summed E-state index contributed by atoms with van der Waals surface area (Å²) in [7, 11) is 0. The Morgan fingerprint density at radius 2 is 1.00 bits per heavy atom. The number of nitrogens with zero attached hydrogens (tertiary/aromatic N) is 3. The van der Waals surface area contributed by atoms with E-state index in [4.69, 9.17) is 0 Å². The summed E-state index contributed by atoms with van der Waals surface area (Å²) in [6.45, 7) is 0. The maximum atomic E-state index is 4.46. The highest BCUT2D eigenvalue weighted by Gasteiger charge is 2.07. The summed E-state index contributed by atoms with van der Waals surface area (Å²) in [5.74, 6) is 0. The second-order valence-corrected chi connectivity index (χ2v) is 7.04. The van der Waals surface area contributed by atoms with Crippen LogP contribution >= 0.6 is 0 Å². The Hall–Kier alpha value is -4.37. The lowest BCUT2D eigenvalue weighted by Gasteiger charge is -2.07. The van der Waals surface area contributed by atoms with Gasteiger partial charge in [-0.3, -0.25) is 15.0 Å². The second kappa shape index (κ2) is 11.1. The molecule has 0 amide bonds. The van der Waals surface area contributed by atoms with Crippen molar-refractivity contribution in [1.29, 1.82) is 0 Å². The maximum absolute atomic E-state index is 4.46. The van der Waals surface area contributed by atoms with Gasteiger partial charge in [-0.1, -0.05) is 84.9 Å². The Morgan fingerprint density at radius 3 is 1.53 bits per heavy atom. The standard InChI is InChI=1S/C15H11N3.C14H12/c1-4-12(10-16-7-1)14-6-3-9-18-15(14)13-5-2-8-17-11-13;1-3-7-13(8-4-1)11-12-14-9-5-2-6-10-14/h1-11H;1-12H. The minimum Gasteiger partial charge on any atom is -0.264 e. The molecule has 154 valence electrons. The molecule has 3 heterocycles. The lowest BCUT2D eigenvalue weighted by Crippen LogP contribution is -1.89. The van der Waals surface area contributed by atoms with E-state index in [1.54, 1.807) is 18.6 Å². The summed E-state index contributed by atoms with van der Waals surface area (Å²) in [5, 5.41) is 0. The van der Waals surface area contributed by atoms with Crippen molar-refractivity contribution in [3.8, 4) is 22.4 Å². The molecule has 0 N–H and O–H groups in total. The molecule has 0 bridgehead atoms. The molecule has 0 atom stereocenters. The normalized spacial score (nSPS) is 10.4. The molecule has 3 aromatic heterocycles. The van der Waals surface area contributed by atoms with Crippen molar-refractivity contribution in [2.75, 3.05) is 0 Å². The van der Waals surface area contributed by atoms with Crippen LogP contribution in [0.5, 0.6) is 0 Å². The van der Waals surface area contributed by atoms with E-state index in [9.17, 15) is 0 Å². The number of hydrogen-bond acceptors (Lipinski definition) is 3. The Bertz CT molecular complexity index is 1140. The van der Waals surface area contributed by atoms with Crippen LogP contribution in [0.4, 0.5) is 0 Å². The van der Waals surface area contributed by atoms with Crippen molar-refractivity contribution >= 4 is 12.2 Å². The van der Waals surface area contributed by atoms with Gasteiger partial charge in [0.2, 0.25) is 0 Å². The van der Waals surface area contributed by atoms with Crippen LogP contribution in [0.25, 0.3) is 34.5 Å². The Kier molecular flexibility index (Phi) is 7.27. The SMILES string of the molecule is C(=Cc1ccccc1)c1ccccc1.c1cncc(-c2cccnc2-c2cccnc2)c1.